The monoisotopic (exact) mass is 588 g/mol. The molecule has 0 fully saturated rings. The van der Waals surface area contributed by atoms with E-state index in [0.717, 1.165) is 66.7 Å². The van der Waals surface area contributed by atoms with Crippen molar-refractivity contribution in [3.05, 3.63) is 100 Å². The summed E-state index contributed by atoms with van der Waals surface area (Å²) in [7, 11) is 0. The molecule has 3 atom stereocenters. The van der Waals surface area contributed by atoms with Gasteiger partial charge in [0.05, 0.1) is 12.7 Å². The van der Waals surface area contributed by atoms with Crippen molar-refractivity contribution in [2.75, 3.05) is 26.2 Å². The van der Waals surface area contributed by atoms with Crippen LogP contribution in [0.2, 0.25) is 5.02 Å². The normalized spacial score (nSPS) is 19.0. The topological polar surface area (TPSA) is 85.8 Å². The molecule has 0 bridgehead atoms. The number of ether oxygens (including phenoxy) is 1. The molecule has 7 heteroatoms. The van der Waals surface area contributed by atoms with Gasteiger partial charge in [0.15, 0.2) is 0 Å². The second-order valence-corrected chi connectivity index (χ2v) is 12.0. The van der Waals surface area contributed by atoms with Crippen LogP contribution >= 0.6 is 11.6 Å². The first kappa shape index (κ1) is 30.1. The number of allylic oxidation sites excluding steroid dienone is 5. The lowest BCUT2D eigenvalue weighted by molar-refractivity contribution is -0.138. The van der Waals surface area contributed by atoms with E-state index < -0.39 is 12.1 Å². The van der Waals surface area contributed by atoms with Crippen LogP contribution in [-0.4, -0.2) is 58.4 Å². The van der Waals surface area contributed by atoms with Crippen LogP contribution < -0.4 is 4.74 Å². The average Bonchev–Trinajstić information content (AvgIpc) is 3.12. The fourth-order valence-electron chi connectivity index (χ4n) is 6.44. The Morgan fingerprint density at radius 3 is 2.79 bits per heavy atom. The van der Waals surface area contributed by atoms with Crippen molar-refractivity contribution in [2.24, 2.45) is 5.92 Å². The minimum absolute atomic E-state index is 0.00712. The van der Waals surface area contributed by atoms with Crippen molar-refractivity contribution in [1.82, 2.24) is 9.88 Å². The van der Waals surface area contributed by atoms with E-state index in [4.69, 9.17) is 16.3 Å². The van der Waals surface area contributed by atoms with Crippen LogP contribution in [0.25, 0.3) is 10.9 Å². The van der Waals surface area contributed by atoms with Crippen LogP contribution in [0.15, 0.2) is 78.4 Å². The van der Waals surface area contributed by atoms with Crippen molar-refractivity contribution >= 4 is 28.5 Å². The Morgan fingerprint density at radius 2 is 2.00 bits per heavy atom. The van der Waals surface area contributed by atoms with E-state index in [2.05, 4.69) is 47.2 Å². The molecular formula is C35H41ClN2O4. The summed E-state index contributed by atoms with van der Waals surface area (Å²) in [6, 6.07) is 13.9. The minimum Gasteiger partial charge on any atom is -0.493 e. The number of carbonyl (C=O) groups is 1. The molecule has 0 aliphatic heterocycles. The SMILES string of the molecule is CCCN(CC1=CC=CC=CC1)CC(O)CCOc1ccc(C2c3[nH]c4ccc(Cl)cc4c3CCC2CC(=O)O)cc1. The predicted octanol–water partition coefficient (Wildman–Crippen LogP) is 7.27. The van der Waals surface area contributed by atoms with Crippen molar-refractivity contribution in [3.8, 4) is 5.75 Å². The van der Waals surface area contributed by atoms with E-state index in [1.165, 1.54) is 11.1 Å². The molecule has 5 rings (SSSR count). The number of rotatable bonds is 13. The Kier molecular flexibility index (Phi) is 10.2. The number of halogens is 1. The number of nitrogens with zero attached hydrogens (tertiary/aromatic N) is 1. The van der Waals surface area contributed by atoms with Crippen molar-refractivity contribution in [2.45, 2.75) is 57.5 Å². The predicted molar refractivity (Wildman–Crippen MR) is 169 cm³/mol. The number of H-pyrrole nitrogens is 1. The maximum Gasteiger partial charge on any atom is 0.303 e. The van der Waals surface area contributed by atoms with Gasteiger partial charge in [-0.05, 0) is 79.6 Å². The van der Waals surface area contributed by atoms with Gasteiger partial charge in [-0.2, -0.15) is 0 Å². The number of aliphatic hydroxyl groups is 1. The van der Waals surface area contributed by atoms with Gasteiger partial charge in [-0.3, -0.25) is 9.69 Å². The van der Waals surface area contributed by atoms with E-state index >= 15 is 0 Å². The number of aliphatic carboxylic acids is 1. The lowest BCUT2D eigenvalue weighted by atomic mass is 9.73. The quantitative estimate of drug-likeness (QED) is 0.195. The summed E-state index contributed by atoms with van der Waals surface area (Å²) in [5, 5.41) is 22.2. The molecule has 0 spiro atoms. The zero-order valence-corrected chi connectivity index (χ0v) is 25.0. The Labute approximate surface area is 253 Å². The third-order valence-corrected chi connectivity index (χ3v) is 8.59. The van der Waals surface area contributed by atoms with Gasteiger partial charge in [0.2, 0.25) is 0 Å². The van der Waals surface area contributed by atoms with Gasteiger partial charge in [-0.1, -0.05) is 66.6 Å². The third kappa shape index (κ3) is 7.54. The Balaban J connectivity index is 1.21. The number of carboxylic acid groups (broad SMARTS) is 1. The van der Waals surface area contributed by atoms with Crippen molar-refractivity contribution in [3.63, 3.8) is 0 Å². The lowest BCUT2D eigenvalue weighted by Crippen LogP contribution is -2.35. The first-order valence-electron chi connectivity index (χ1n) is 15.1. The maximum atomic E-state index is 11.7. The summed E-state index contributed by atoms with van der Waals surface area (Å²) in [6.45, 7) is 5.01. The summed E-state index contributed by atoms with van der Waals surface area (Å²) in [6.07, 6.45) is 14.4. The fourth-order valence-corrected chi connectivity index (χ4v) is 6.61. The average molecular weight is 589 g/mol. The number of carboxylic acids is 1. The highest BCUT2D eigenvalue weighted by atomic mass is 35.5. The third-order valence-electron chi connectivity index (χ3n) is 8.35. The highest BCUT2D eigenvalue weighted by Gasteiger charge is 2.34. The molecule has 222 valence electrons. The van der Waals surface area contributed by atoms with Crippen LogP contribution in [0.4, 0.5) is 0 Å². The molecule has 2 aliphatic carbocycles. The number of aromatic amines is 1. The van der Waals surface area contributed by atoms with Gasteiger partial charge < -0.3 is 19.9 Å². The van der Waals surface area contributed by atoms with Gasteiger partial charge in [-0.25, -0.2) is 0 Å². The fraction of sp³-hybridized carbons (Fsp3) is 0.400. The van der Waals surface area contributed by atoms with E-state index in [-0.39, 0.29) is 18.3 Å². The van der Waals surface area contributed by atoms with E-state index in [9.17, 15) is 15.0 Å². The molecule has 0 saturated carbocycles. The summed E-state index contributed by atoms with van der Waals surface area (Å²) in [4.78, 5) is 17.6. The maximum absolute atomic E-state index is 11.7. The molecule has 0 saturated heterocycles. The standard InChI is InChI=1S/C35H41ClN2O4/c1-2-18-38(22-24-7-5-3-4-6-8-24)23-28(39)17-19-42-29-13-9-25(10-14-29)34-26(20-33(40)41)11-15-30-31-21-27(36)12-16-32(31)37-35(30)34/h3-7,9-10,12-14,16,21,26,28,34,37,39H,2,8,11,15,17-20,22-23H2,1H3,(H,40,41). The summed E-state index contributed by atoms with van der Waals surface area (Å²) in [5.41, 5.74) is 5.77. The summed E-state index contributed by atoms with van der Waals surface area (Å²) < 4.78 is 6.02. The van der Waals surface area contributed by atoms with E-state index in [0.29, 0.717) is 24.6 Å². The summed E-state index contributed by atoms with van der Waals surface area (Å²) >= 11 is 6.30. The zero-order valence-electron chi connectivity index (χ0n) is 24.3. The number of aryl methyl sites for hydroxylation is 1. The second-order valence-electron chi connectivity index (χ2n) is 11.5. The van der Waals surface area contributed by atoms with Crippen molar-refractivity contribution < 1.29 is 19.7 Å². The van der Waals surface area contributed by atoms with Gasteiger partial charge in [-0.15, -0.1) is 0 Å². The smallest absolute Gasteiger partial charge is 0.303 e. The summed E-state index contributed by atoms with van der Waals surface area (Å²) in [5.74, 6) is -0.0885. The molecule has 2 aromatic carbocycles. The lowest BCUT2D eigenvalue weighted by Gasteiger charge is -2.31. The molecule has 3 N–H and O–H groups in total. The molecule has 0 amide bonds. The number of hydrogen-bond donors (Lipinski definition) is 3. The number of hydrogen-bond acceptors (Lipinski definition) is 4. The molecule has 3 aromatic rings. The van der Waals surface area contributed by atoms with Crippen LogP contribution in [0.1, 0.15) is 61.8 Å². The molecule has 3 unspecified atom stereocenters. The van der Waals surface area contributed by atoms with Crippen LogP contribution in [-0.2, 0) is 11.2 Å². The Morgan fingerprint density at radius 1 is 1.17 bits per heavy atom. The minimum atomic E-state index is -0.775. The number of aromatic nitrogens is 1. The largest absolute Gasteiger partial charge is 0.493 e. The Bertz CT molecular complexity index is 1460. The molecule has 42 heavy (non-hydrogen) atoms. The van der Waals surface area contributed by atoms with Crippen LogP contribution in [0, 0.1) is 5.92 Å². The Hall–Kier alpha value is -3.32. The van der Waals surface area contributed by atoms with Gasteiger partial charge in [0.25, 0.3) is 0 Å². The van der Waals surface area contributed by atoms with Crippen molar-refractivity contribution in [1.29, 1.82) is 0 Å². The van der Waals surface area contributed by atoms with Gasteiger partial charge in [0, 0.05) is 53.5 Å². The highest BCUT2D eigenvalue weighted by Crippen LogP contribution is 2.45. The van der Waals surface area contributed by atoms with Gasteiger partial charge >= 0.3 is 5.97 Å². The first-order chi connectivity index (χ1) is 20.4. The van der Waals surface area contributed by atoms with E-state index in [1.807, 2.05) is 42.5 Å². The van der Waals surface area contributed by atoms with Crippen LogP contribution in [0.3, 0.4) is 0 Å². The number of aliphatic hydroxyl groups excluding tert-OH is 1. The molecule has 2 aliphatic rings. The zero-order chi connectivity index (χ0) is 29.5. The number of nitrogens with one attached hydrogen (secondary N) is 1. The van der Waals surface area contributed by atoms with E-state index in [1.54, 1.807) is 0 Å². The molecule has 1 aromatic heterocycles. The van der Waals surface area contributed by atoms with Gasteiger partial charge in [0.1, 0.15) is 5.75 Å². The first-order valence-corrected chi connectivity index (χ1v) is 15.4. The highest BCUT2D eigenvalue weighted by molar-refractivity contribution is 6.31. The van der Waals surface area contributed by atoms with Crippen LogP contribution in [0.5, 0.6) is 5.75 Å². The molecule has 0 radical (unpaired) electrons. The molecular weight excluding hydrogens is 548 g/mol. The molecule has 6 nitrogen and oxygen atoms in total. The number of benzene rings is 2. The number of fused-ring (bicyclic) bond motifs is 3. The molecule has 1 heterocycles. The second kappa shape index (κ2) is 14.2.